The maximum atomic E-state index is 12.2. The van der Waals surface area contributed by atoms with E-state index in [2.05, 4.69) is 5.32 Å². The van der Waals surface area contributed by atoms with Gasteiger partial charge in [0.15, 0.2) is 0 Å². The summed E-state index contributed by atoms with van der Waals surface area (Å²) in [4.78, 5) is 12.2. The van der Waals surface area contributed by atoms with Gasteiger partial charge < -0.3 is 10.1 Å². The van der Waals surface area contributed by atoms with Gasteiger partial charge in [-0.05, 0) is 55.3 Å². The van der Waals surface area contributed by atoms with Crippen molar-refractivity contribution < 1.29 is 9.53 Å². The number of amides is 1. The van der Waals surface area contributed by atoms with Gasteiger partial charge in [0.2, 0.25) is 0 Å². The molecule has 0 heterocycles. The molecule has 1 amide bonds. The third-order valence-corrected chi connectivity index (χ3v) is 3.28. The molecule has 1 N–H and O–H groups in total. The number of carbonyl (C=O) groups excluding carboxylic acids is 1. The normalized spacial score (nSPS) is 10.7. The molecule has 0 saturated carbocycles. The van der Waals surface area contributed by atoms with Gasteiger partial charge >= 0.3 is 0 Å². The molecule has 0 bridgehead atoms. The highest BCUT2D eigenvalue weighted by Gasteiger charge is 2.10. The van der Waals surface area contributed by atoms with Gasteiger partial charge in [-0.2, -0.15) is 5.26 Å². The monoisotopic (exact) mass is 306 g/mol. The first-order valence-corrected chi connectivity index (χ1v) is 7.35. The van der Waals surface area contributed by atoms with Gasteiger partial charge in [-0.15, -0.1) is 0 Å². The van der Waals surface area contributed by atoms with Crippen LogP contribution in [0.3, 0.4) is 0 Å². The molecule has 0 fully saturated rings. The number of hydrogen-bond donors (Lipinski definition) is 1. The first-order valence-electron chi connectivity index (χ1n) is 7.35. The Balaban J connectivity index is 2.14. The Kier molecular flexibility index (Phi) is 5.54. The van der Waals surface area contributed by atoms with E-state index in [1.807, 2.05) is 44.2 Å². The highest BCUT2D eigenvalue weighted by molar-refractivity contribution is 6.09. The van der Waals surface area contributed by atoms with Gasteiger partial charge in [-0.25, -0.2) is 0 Å². The quantitative estimate of drug-likeness (QED) is 0.672. The van der Waals surface area contributed by atoms with Crippen molar-refractivity contribution in [3.63, 3.8) is 0 Å². The Morgan fingerprint density at radius 1 is 1.22 bits per heavy atom. The highest BCUT2D eigenvalue weighted by Crippen LogP contribution is 2.17. The first kappa shape index (κ1) is 16.3. The average Bonchev–Trinajstić information content (AvgIpc) is 2.56. The molecule has 2 rings (SSSR count). The van der Waals surface area contributed by atoms with Crippen molar-refractivity contribution in [1.82, 2.24) is 0 Å². The molecule has 0 spiro atoms. The van der Waals surface area contributed by atoms with Crippen LogP contribution in [0.1, 0.15) is 18.1 Å². The molecule has 4 heteroatoms. The molecule has 2 aromatic rings. The second-order valence-electron chi connectivity index (χ2n) is 4.94. The highest BCUT2D eigenvalue weighted by atomic mass is 16.5. The van der Waals surface area contributed by atoms with Crippen molar-refractivity contribution in [2.45, 2.75) is 13.8 Å². The Morgan fingerprint density at radius 2 is 1.91 bits per heavy atom. The molecule has 0 aliphatic rings. The minimum atomic E-state index is -0.431. The largest absolute Gasteiger partial charge is 0.494 e. The van der Waals surface area contributed by atoms with Crippen molar-refractivity contribution in [1.29, 1.82) is 5.26 Å². The number of ether oxygens (including phenoxy) is 1. The Morgan fingerprint density at radius 3 is 2.52 bits per heavy atom. The van der Waals surface area contributed by atoms with Gasteiger partial charge in [0.05, 0.1) is 6.61 Å². The zero-order chi connectivity index (χ0) is 16.7. The molecular weight excluding hydrogens is 288 g/mol. The summed E-state index contributed by atoms with van der Waals surface area (Å²) in [5.74, 6) is 0.307. The molecule has 116 valence electrons. The number of nitrogens with zero attached hydrogens (tertiary/aromatic N) is 1. The fourth-order valence-electron chi connectivity index (χ4n) is 2.05. The lowest BCUT2D eigenvalue weighted by molar-refractivity contribution is -0.112. The van der Waals surface area contributed by atoms with Crippen LogP contribution in [0.5, 0.6) is 5.75 Å². The second-order valence-corrected chi connectivity index (χ2v) is 4.94. The summed E-state index contributed by atoms with van der Waals surface area (Å²) in [7, 11) is 0. The molecule has 0 atom stereocenters. The standard InChI is InChI=1S/C19H18N2O2/c1-3-23-18-10-8-17(9-11-18)21-19(22)16(13-20)12-15-7-5-4-6-14(15)2/h4-12H,3H2,1-2H3,(H,21,22). The third-order valence-electron chi connectivity index (χ3n) is 3.28. The second kappa shape index (κ2) is 7.81. The summed E-state index contributed by atoms with van der Waals surface area (Å²) >= 11 is 0. The molecule has 0 aliphatic carbocycles. The van der Waals surface area contributed by atoms with Gasteiger partial charge in [-0.1, -0.05) is 24.3 Å². The van der Waals surface area contributed by atoms with Crippen LogP contribution in [0.15, 0.2) is 54.1 Å². The summed E-state index contributed by atoms with van der Waals surface area (Å²) in [6.45, 7) is 4.43. The van der Waals surface area contributed by atoms with Crippen molar-refractivity contribution >= 4 is 17.7 Å². The van der Waals surface area contributed by atoms with Gasteiger partial charge in [0, 0.05) is 5.69 Å². The van der Waals surface area contributed by atoms with Crippen molar-refractivity contribution in [3.05, 3.63) is 65.2 Å². The summed E-state index contributed by atoms with van der Waals surface area (Å²) < 4.78 is 5.35. The number of anilines is 1. The van der Waals surface area contributed by atoms with E-state index in [1.54, 1.807) is 30.3 Å². The van der Waals surface area contributed by atoms with E-state index < -0.39 is 5.91 Å². The number of carbonyl (C=O) groups is 1. The fourth-order valence-corrected chi connectivity index (χ4v) is 2.05. The average molecular weight is 306 g/mol. The number of rotatable bonds is 5. The lowest BCUT2D eigenvalue weighted by atomic mass is 10.1. The molecule has 2 aromatic carbocycles. The topological polar surface area (TPSA) is 62.1 Å². The Hall–Kier alpha value is -3.06. The van der Waals surface area contributed by atoms with E-state index in [0.717, 1.165) is 16.9 Å². The molecule has 4 nitrogen and oxygen atoms in total. The summed E-state index contributed by atoms with van der Waals surface area (Å²) in [6.07, 6.45) is 1.60. The van der Waals surface area contributed by atoms with E-state index in [4.69, 9.17) is 4.74 Å². The number of benzene rings is 2. The van der Waals surface area contributed by atoms with Crippen LogP contribution in [-0.4, -0.2) is 12.5 Å². The minimum absolute atomic E-state index is 0.0631. The molecule has 0 aromatic heterocycles. The van der Waals surface area contributed by atoms with Crippen LogP contribution in [0.25, 0.3) is 6.08 Å². The van der Waals surface area contributed by atoms with E-state index >= 15 is 0 Å². The molecule has 0 radical (unpaired) electrons. The van der Waals surface area contributed by atoms with Crippen molar-refractivity contribution in [2.75, 3.05) is 11.9 Å². The van der Waals surface area contributed by atoms with E-state index in [0.29, 0.717) is 12.3 Å². The molecule has 23 heavy (non-hydrogen) atoms. The van der Waals surface area contributed by atoms with Gasteiger partial charge in [0.25, 0.3) is 5.91 Å². The first-order chi connectivity index (χ1) is 11.1. The van der Waals surface area contributed by atoms with E-state index in [9.17, 15) is 10.1 Å². The SMILES string of the molecule is CCOc1ccc(NC(=O)C(C#N)=Cc2ccccc2C)cc1. The third kappa shape index (κ3) is 4.45. The van der Waals surface area contributed by atoms with Crippen molar-refractivity contribution in [2.24, 2.45) is 0 Å². The smallest absolute Gasteiger partial charge is 0.266 e. The molecular formula is C19H18N2O2. The molecule has 0 unspecified atom stereocenters. The van der Waals surface area contributed by atoms with Crippen LogP contribution in [-0.2, 0) is 4.79 Å². The predicted molar refractivity (Wildman–Crippen MR) is 91.0 cm³/mol. The maximum Gasteiger partial charge on any atom is 0.266 e. The fraction of sp³-hybridized carbons (Fsp3) is 0.158. The van der Waals surface area contributed by atoms with Crippen LogP contribution in [0.4, 0.5) is 5.69 Å². The summed E-state index contributed by atoms with van der Waals surface area (Å²) in [5.41, 5.74) is 2.54. The molecule has 0 saturated heterocycles. The zero-order valence-electron chi connectivity index (χ0n) is 13.2. The van der Waals surface area contributed by atoms with Gasteiger partial charge in [-0.3, -0.25) is 4.79 Å². The lowest BCUT2D eigenvalue weighted by Gasteiger charge is -2.07. The summed E-state index contributed by atoms with van der Waals surface area (Å²) in [6, 6.07) is 16.6. The number of aryl methyl sites for hydroxylation is 1. The predicted octanol–water partition coefficient (Wildman–Crippen LogP) is 3.94. The molecule has 0 aliphatic heterocycles. The summed E-state index contributed by atoms with van der Waals surface area (Å²) in [5, 5.41) is 12.0. The maximum absolute atomic E-state index is 12.2. The lowest BCUT2D eigenvalue weighted by Crippen LogP contribution is -2.13. The van der Waals surface area contributed by atoms with E-state index in [-0.39, 0.29) is 5.57 Å². The van der Waals surface area contributed by atoms with Crippen molar-refractivity contribution in [3.8, 4) is 11.8 Å². The Bertz CT molecular complexity index is 756. The number of nitriles is 1. The van der Waals surface area contributed by atoms with Crippen LogP contribution in [0.2, 0.25) is 0 Å². The van der Waals surface area contributed by atoms with Gasteiger partial charge in [0.1, 0.15) is 17.4 Å². The van der Waals surface area contributed by atoms with Crippen LogP contribution < -0.4 is 10.1 Å². The zero-order valence-corrected chi connectivity index (χ0v) is 13.2. The van der Waals surface area contributed by atoms with Crippen LogP contribution in [0, 0.1) is 18.3 Å². The van der Waals surface area contributed by atoms with E-state index in [1.165, 1.54) is 0 Å². The van der Waals surface area contributed by atoms with Crippen LogP contribution >= 0.6 is 0 Å². The number of nitrogens with one attached hydrogen (secondary N) is 1. The Labute approximate surface area is 136 Å². The number of hydrogen-bond acceptors (Lipinski definition) is 3. The minimum Gasteiger partial charge on any atom is -0.494 e.